The van der Waals surface area contributed by atoms with Gasteiger partial charge in [-0.1, -0.05) is 72.8 Å². The van der Waals surface area contributed by atoms with Gasteiger partial charge in [0.2, 0.25) is 0 Å². The Morgan fingerprint density at radius 1 is 0.833 bits per heavy atom. The van der Waals surface area contributed by atoms with E-state index in [-0.39, 0.29) is 0 Å². The van der Waals surface area contributed by atoms with E-state index in [1.54, 1.807) is 12.1 Å². The smallest absolute Gasteiger partial charge is 0.265 e. The maximum atomic E-state index is 12.5. The van der Waals surface area contributed by atoms with Crippen molar-refractivity contribution in [3.63, 3.8) is 0 Å². The van der Waals surface area contributed by atoms with Crippen molar-refractivity contribution in [2.75, 3.05) is 5.32 Å². The van der Waals surface area contributed by atoms with Gasteiger partial charge >= 0.3 is 0 Å². The molecule has 0 aliphatic carbocycles. The summed E-state index contributed by atoms with van der Waals surface area (Å²) in [5.74, 6) is -0.402. The van der Waals surface area contributed by atoms with Crippen LogP contribution in [-0.2, 0) is 16.8 Å². The highest BCUT2D eigenvalue weighted by atomic mass is 16.3. The van der Waals surface area contributed by atoms with Crippen molar-refractivity contribution in [3.8, 4) is 0 Å². The molecule has 0 bridgehead atoms. The number of carbonyl (C=O) groups is 1. The van der Waals surface area contributed by atoms with E-state index in [2.05, 4.69) is 17.4 Å². The largest absolute Gasteiger partial charge is 0.372 e. The fourth-order valence-electron chi connectivity index (χ4n) is 3.25. The van der Waals surface area contributed by atoms with Crippen LogP contribution in [0.2, 0.25) is 0 Å². The number of rotatable bonds is 3. The molecule has 0 saturated heterocycles. The second-order valence-electron chi connectivity index (χ2n) is 6.07. The minimum atomic E-state index is -1.62. The number of carbonyl (C=O) groups excluding carboxylic acids is 1. The topological polar surface area (TPSA) is 49.3 Å². The molecule has 0 fully saturated rings. The van der Waals surface area contributed by atoms with Crippen LogP contribution in [0.1, 0.15) is 22.3 Å². The van der Waals surface area contributed by atoms with Crippen molar-refractivity contribution in [1.82, 2.24) is 0 Å². The third-order valence-corrected chi connectivity index (χ3v) is 4.49. The number of fused-ring (bicyclic) bond motifs is 1. The first-order valence-electron chi connectivity index (χ1n) is 7.94. The van der Waals surface area contributed by atoms with E-state index in [0.717, 1.165) is 12.0 Å². The van der Waals surface area contributed by atoms with Crippen LogP contribution < -0.4 is 5.32 Å². The molecule has 1 atom stereocenters. The highest BCUT2D eigenvalue weighted by molar-refractivity contribution is 6.07. The Balaban J connectivity index is 1.72. The molecule has 1 unspecified atom stereocenters. The lowest BCUT2D eigenvalue weighted by molar-refractivity contribution is -0.129. The van der Waals surface area contributed by atoms with E-state index >= 15 is 0 Å². The normalized spacial score (nSPS) is 19.0. The molecule has 0 saturated carbocycles. The van der Waals surface area contributed by atoms with Gasteiger partial charge in [-0.2, -0.15) is 0 Å². The zero-order valence-electron chi connectivity index (χ0n) is 13.1. The molecule has 3 aromatic rings. The molecule has 1 amide bonds. The summed E-state index contributed by atoms with van der Waals surface area (Å²) in [4.78, 5) is 12.5. The standard InChI is InChI=1S/C21H17NO2/c23-20-21(24,17-9-5-2-6-10-17)18-12-11-16(14-19(18)22-20)13-15-7-3-1-4-8-15/h1-12,14,24H,13H2,(H,22,23). The molecular formula is C21H17NO2. The van der Waals surface area contributed by atoms with Gasteiger partial charge in [0.05, 0.1) is 0 Å². The van der Waals surface area contributed by atoms with Crippen molar-refractivity contribution in [2.45, 2.75) is 12.0 Å². The lowest BCUT2D eigenvalue weighted by Gasteiger charge is -2.21. The highest BCUT2D eigenvalue weighted by Gasteiger charge is 2.46. The van der Waals surface area contributed by atoms with Gasteiger partial charge in [-0.3, -0.25) is 4.79 Å². The van der Waals surface area contributed by atoms with Gasteiger partial charge in [0.25, 0.3) is 5.91 Å². The second-order valence-corrected chi connectivity index (χ2v) is 6.07. The summed E-state index contributed by atoms with van der Waals surface area (Å²) >= 11 is 0. The van der Waals surface area contributed by atoms with Gasteiger partial charge in [0, 0.05) is 11.3 Å². The first-order valence-corrected chi connectivity index (χ1v) is 7.94. The average Bonchev–Trinajstić information content (AvgIpc) is 2.88. The lowest BCUT2D eigenvalue weighted by Crippen LogP contribution is -2.35. The Labute approximate surface area is 140 Å². The number of anilines is 1. The first kappa shape index (κ1) is 14.7. The maximum absolute atomic E-state index is 12.5. The van der Waals surface area contributed by atoms with Gasteiger partial charge in [0.1, 0.15) is 0 Å². The van der Waals surface area contributed by atoms with Crippen LogP contribution in [0.25, 0.3) is 0 Å². The van der Waals surface area contributed by atoms with E-state index in [4.69, 9.17) is 0 Å². The molecule has 1 aliphatic heterocycles. The zero-order chi connectivity index (χ0) is 16.6. The Morgan fingerprint density at radius 2 is 1.50 bits per heavy atom. The van der Waals surface area contributed by atoms with Crippen LogP contribution in [-0.4, -0.2) is 11.0 Å². The molecule has 1 aliphatic rings. The quantitative estimate of drug-likeness (QED) is 0.777. The summed E-state index contributed by atoms with van der Waals surface area (Å²) in [7, 11) is 0. The van der Waals surface area contributed by atoms with Gasteiger partial charge in [-0.25, -0.2) is 0 Å². The molecule has 0 radical (unpaired) electrons. The van der Waals surface area contributed by atoms with E-state index in [0.29, 0.717) is 16.8 Å². The Morgan fingerprint density at radius 3 is 2.21 bits per heavy atom. The van der Waals surface area contributed by atoms with Gasteiger partial charge in [-0.05, 0) is 29.2 Å². The molecule has 3 nitrogen and oxygen atoms in total. The fourth-order valence-corrected chi connectivity index (χ4v) is 3.25. The predicted octanol–water partition coefficient (Wildman–Crippen LogP) is 3.47. The van der Waals surface area contributed by atoms with Gasteiger partial charge in [0.15, 0.2) is 5.60 Å². The maximum Gasteiger partial charge on any atom is 0.265 e. The monoisotopic (exact) mass is 315 g/mol. The van der Waals surface area contributed by atoms with Crippen molar-refractivity contribution in [1.29, 1.82) is 0 Å². The molecule has 2 N–H and O–H groups in total. The highest BCUT2D eigenvalue weighted by Crippen LogP contribution is 2.41. The van der Waals surface area contributed by atoms with E-state index < -0.39 is 11.5 Å². The SMILES string of the molecule is O=C1Nc2cc(Cc3ccccc3)ccc2C1(O)c1ccccc1. The van der Waals surface area contributed by atoms with Crippen LogP contribution in [0, 0.1) is 0 Å². The third-order valence-electron chi connectivity index (χ3n) is 4.49. The Hall–Kier alpha value is -2.91. The Bertz CT molecular complexity index is 890. The van der Waals surface area contributed by atoms with Crippen LogP contribution in [0.4, 0.5) is 5.69 Å². The Kier molecular flexibility index (Phi) is 3.44. The van der Waals surface area contributed by atoms with E-state index in [1.165, 1.54) is 5.56 Å². The number of benzene rings is 3. The summed E-state index contributed by atoms with van der Waals surface area (Å²) in [6.45, 7) is 0. The van der Waals surface area contributed by atoms with E-state index in [1.807, 2.05) is 54.6 Å². The summed E-state index contributed by atoms with van der Waals surface area (Å²) in [5.41, 5.74) is 2.55. The third kappa shape index (κ3) is 2.30. The molecular weight excluding hydrogens is 298 g/mol. The number of nitrogens with one attached hydrogen (secondary N) is 1. The molecule has 4 rings (SSSR count). The molecule has 3 heteroatoms. The van der Waals surface area contributed by atoms with E-state index in [9.17, 15) is 9.90 Å². The van der Waals surface area contributed by atoms with Crippen molar-refractivity contribution < 1.29 is 9.90 Å². The zero-order valence-corrected chi connectivity index (χ0v) is 13.1. The number of amides is 1. The molecule has 0 aromatic heterocycles. The average molecular weight is 315 g/mol. The second kappa shape index (κ2) is 5.62. The number of hydrogen-bond acceptors (Lipinski definition) is 2. The molecule has 118 valence electrons. The van der Waals surface area contributed by atoms with Gasteiger partial charge in [-0.15, -0.1) is 0 Å². The van der Waals surface area contributed by atoms with Crippen LogP contribution in [0.3, 0.4) is 0 Å². The first-order chi connectivity index (χ1) is 11.7. The van der Waals surface area contributed by atoms with Crippen LogP contribution >= 0.6 is 0 Å². The van der Waals surface area contributed by atoms with Crippen molar-refractivity contribution in [2.24, 2.45) is 0 Å². The summed E-state index contributed by atoms with van der Waals surface area (Å²) in [6, 6.07) is 25.0. The molecule has 0 spiro atoms. The molecule has 24 heavy (non-hydrogen) atoms. The number of aliphatic hydroxyl groups is 1. The number of hydrogen-bond donors (Lipinski definition) is 2. The minimum Gasteiger partial charge on any atom is -0.372 e. The summed E-state index contributed by atoms with van der Waals surface area (Å²) in [5, 5.41) is 13.9. The van der Waals surface area contributed by atoms with Gasteiger partial charge < -0.3 is 10.4 Å². The molecule has 3 aromatic carbocycles. The fraction of sp³-hybridized carbons (Fsp3) is 0.0952. The molecule has 1 heterocycles. The van der Waals surface area contributed by atoms with Crippen LogP contribution in [0.15, 0.2) is 78.9 Å². The van der Waals surface area contributed by atoms with Crippen LogP contribution in [0.5, 0.6) is 0 Å². The van der Waals surface area contributed by atoms with Crippen molar-refractivity contribution >= 4 is 11.6 Å². The minimum absolute atomic E-state index is 0.402. The summed E-state index contributed by atoms with van der Waals surface area (Å²) < 4.78 is 0. The summed E-state index contributed by atoms with van der Waals surface area (Å²) in [6.07, 6.45) is 0.785. The van der Waals surface area contributed by atoms with Crippen molar-refractivity contribution in [3.05, 3.63) is 101 Å². The lowest BCUT2D eigenvalue weighted by atomic mass is 9.87. The predicted molar refractivity (Wildman–Crippen MR) is 93.8 cm³/mol.